The molecule has 2 aromatic carbocycles. The molecule has 0 aliphatic heterocycles. The minimum absolute atomic E-state index is 0.301. The van der Waals surface area contributed by atoms with Crippen molar-refractivity contribution in [2.45, 2.75) is 25.0 Å². The molecule has 0 saturated heterocycles. The SMILES string of the molecule is C#CC(Cc1ccc(F)cc1)OC(C#C)Cc1ccc(F)cc1. The summed E-state index contributed by atoms with van der Waals surface area (Å²) in [6, 6.07) is 12.1. The number of halogens is 2. The van der Waals surface area contributed by atoms with Crippen LogP contribution in [0, 0.1) is 36.3 Å². The number of hydrogen-bond donors (Lipinski definition) is 0. The van der Waals surface area contributed by atoms with Gasteiger partial charge in [0, 0.05) is 12.8 Å². The fraction of sp³-hybridized carbons (Fsp3) is 0.200. The zero-order valence-electron chi connectivity index (χ0n) is 12.5. The second kappa shape index (κ2) is 8.13. The van der Waals surface area contributed by atoms with Crippen LogP contribution in [0.3, 0.4) is 0 Å². The van der Waals surface area contributed by atoms with Crippen LogP contribution < -0.4 is 0 Å². The lowest BCUT2D eigenvalue weighted by molar-refractivity contribution is 0.0533. The first-order chi connectivity index (χ1) is 11.1. The van der Waals surface area contributed by atoms with Crippen LogP contribution in [0.5, 0.6) is 0 Å². The summed E-state index contributed by atoms with van der Waals surface area (Å²) in [6.07, 6.45) is 10.9. The van der Waals surface area contributed by atoms with Crippen LogP contribution in [0.2, 0.25) is 0 Å². The first-order valence-corrected chi connectivity index (χ1v) is 7.17. The Labute approximate surface area is 135 Å². The Morgan fingerprint density at radius 2 is 1.09 bits per heavy atom. The molecule has 0 spiro atoms. The Morgan fingerprint density at radius 1 is 0.739 bits per heavy atom. The molecule has 2 unspecified atom stereocenters. The van der Waals surface area contributed by atoms with E-state index in [2.05, 4.69) is 11.8 Å². The molecule has 0 heterocycles. The largest absolute Gasteiger partial charge is 0.349 e. The van der Waals surface area contributed by atoms with E-state index in [0.717, 1.165) is 11.1 Å². The van der Waals surface area contributed by atoms with Crippen molar-refractivity contribution in [1.29, 1.82) is 0 Å². The standard InChI is InChI=1S/C20H16F2O/c1-3-19(13-15-5-9-17(21)10-6-15)23-20(4-2)14-16-7-11-18(22)12-8-16/h1-2,5-12,19-20H,13-14H2. The van der Waals surface area contributed by atoms with Crippen molar-refractivity contribution in [2.75, 3.05) is 0 Å². The van der Waals surface area contributed by atoms with E-state index in [1.54, 1.807) is 24.3 Å². The maximum Gasteiger partial charge on any atom is 0.123 e. The van der Waals surface area contributed by atoms with Gasteiger partial charge in [0.05, 0.1) is 0 Å². The molecule has 0 aliphatic rings. The third-order valence-corrected chi connectivity index (χ3v) is 3.37. The third kappa shape index (κ3) is 5.25. The molecule has 0 bridgehead atoms. The van der Waals surface area contributed by atoms with Gasteiger partial charge in [0.2, 0.25) is 0 Å². The molecule has 0 radical (unpaired) electrons. The summed E-state index contributed by atoms with van der Waals surface area (Å²) in [4.78, 5) is 0. The van der Waals surface area contributed by atoms with Gasteiger partial charge in [0.1, 0.15) is 23.8 Å². The highest BCUT2D eigenvalue weighted by atomic mass is 19.1. The van der Waals surface area contributed by atoms with Crippen LogP contribution in [0.25, 0.3) is 0 Å². The molecule has 2 rings (SSSR count). The van der Waals surface area contributed by atoms with Gasteiger partial charge in [-0.25, -0.2) is 8.78 Å². The van der Waals surface area contributed by atoms with E-state index in [4.69, 9.17) is 17.6 Å². The Balaban J connectivity index is 1.98. The van der Waals surface area contributed by atoms with E-state index in [0.29, 0.717) is 12.8 Å². The van der Waals surface area contributed by atoms with Gasteiger partial charge >= 0.3 is 0 Å². The molecule has 0 aliphatic carbocycles. The maximum atomic E-state index is 12.9. The van der Waals surface area contributed by atoms with Crippen LogP contribution in [-0.4, -0.2) is 12.2 Å². The molecule has 0 N–H and O–H groups in total. The average molecular weight is 310 g/mol. The van der Waals surface area contributed by atoms with Crippen molar-refractivity contribution >= 4 is 0 Å². The lowest BCUT2D eigenvalue weighted by atomic mass is 10.1. The van der Waals surface area contributed by atoms with Crippen molar-refractivity contribution < 1.29 is 13.5 Å². The van der Waals surface area contributed by atoms with E-state index < -0.39 is 12.2 Å². The second-order valence-corrected chi connectivity index (χ2v) is 5.11. The highest BCUT2D eigenvalue weighted by Gasteiger charge is 2.14. The molecule has 0 aromatic heterocycles. The predicted octanol–water partition coefficient (Wildman–Crippen LogP) is 3.77. The van der Waals surface area contributed by atoms with Gasteiger partial charge in [-0.15, -0.1) is 12.8 Å². The lowest BCUT2D eigenvalue weighted by Crippen LogP contribution is -2.23. The zero-order valence-corrected chi connectivity index (χ0v) is 12.5. The van der Waals surface area contributed by atoms with Gasteiger partial charge in [-0.2, -0.15) is 0 Å². The van der Waals surface area contributed by atoms with Gasteiger partial charge in [0.25, 0.3) is 0 Å². The summed E-state index contributed by atoms with van der Waals surface area (Å²) in [5, 5.41) is 0. The summed E-state index contributed by atoms with van der Waals surface area (Å²) in [6.45, 7) is 0. The Kier molecular flexibility index (Phi) is 5.92. The molecular weight excluding hydrogens is 294 g/mol. The van der Waals surface area contributed by atoms with Crippen LogP contribution in [0.4, 0.5) is 8.78 Å². The van der Waals surface area contributed by atoms with Gasteiger partial charge in [-0.3, -0.25) is 0 Å². The van der Waals surface area contributed by atoms with Crippen molar-refractivity contribution in [3.8, 4) is 24.7 Å². The molecule has 116 valence electrons. The minimum Gasteiger partial charge on any atom is -0.349 e. The van der Waals surface area contributed by atoms with E-state index in [-0.39, 0.29) is 11.6 Å². The van der Waals surface area contributed by atoms with Crippen LogP contribution in [0.1, 0.15) is 11.1 Å². The molecule has 0 amide bonds. The Hall–Kier alpha value is -2.62. The number of terminal acetylenes is 2. The topological polar surface area (TPSA) is 9.23 Å². The number of benzene rings is 2. The Bertz CT molecular complexity index is 642. The van der Waals surface area contributed by atoms with Gasteiger partial charge in [-0.05, 0) is 35.4 Å². The minimum atomic E-state index is -0.512. The summed E-state index contributed by atoms with van der Waals surface area (Å²) >= 11 is 0. The number of hydrogen-bond acceptors (Lipinski definition) is 1. The van der Waals surface area contributed by atoms with Crippen molar-refractivity contribution in [3.63, 3.8) is 0 Å². The molecule has 0 fully saturated rings. The van der Waals surface area contributed by atoms with Gasteiger partial charge in [0.15, 0.2) is 0 Å². The quantitative estimate of drug-likeness (QED) is 0.738. The van der Waals surface area contributed by atoms with E-state index in [1.807, 2.05) is 0 Å². The molecular formula is C20H16F2O. The lowest BCUT2D eigenvalue weighted by Gasteiger charge is -2.18. The monoisotopic (exact) mass is 310 g/mol. The predicted molar refractivity (Wildman–Crippen MR) is 86.5 cm³/mol. The maximum absolute atomic E-state index is 12.9. The van der Waals surface area contributed by atoms with Crippen molar-refractivity contribution in [3.05, 3.63) is 71.3 Å². The fourth-order valence-corrected chi connectivity index (χ4v) is 2.16. The van der Waals surface area contributed by atoms with E-state index in [9.17, 15) is 8.78 Å². The van der Waals surface area contributed by atoms with Crippen LogP contribution >= 0.6 is 0 Å². The molecule has 2 atom stereocenters. The zero-order chi connectivity index (χ0) is 16.7. The summed E-state index contributed by atoms with van der Waals surface area (Å²) in [7, 11) is 0. The van der Waals surface area contributed by atoms with Gasteiger partial charge in [-0.1, -0.05) is 36.1 Å². The molecule has 2 aromatic rings. The van der Waals surface area contributed by atoms with Crippen molar-refractivity contribution in [2.24, 2.45) is 0 Å². The van der Waals surface area contributed by atoms with E-state index >= 15 is 0 Å². The second-order valence-electron chi connectivity index (χ2n) is 5.11. The van der Waals surface area contributed by atoms with Crippen LogP contribution in [0.15, 0.2) is 48.5 Å². The molecule has 1 nitrogen and oxygen atoms in total. The highest BCUT2D eigenvalue weighted by Crippen LogP contribution is 2.13. The normalized spacial score (nSPS) is 12.9. The number of ether oxygens (including phenoxy) is 1. The third-order valence-electron chi connectivity index (χ3n) is 3.37. The summed E-state index contributed by atoms with van der Waals surface area (Å²) < 4.78 is 31.6. The molecule has 0 saturated carbocycles. The Morgan fingerprint density at radius 3 is 1.39 bits per heavy atom. The number of rotatable bonds is 6. The van der Waals surface area contributed by atoms with Crippen molar-refractivity contribution in [1.82, 2.24) is 0 Å². The highest BCUT2D eigenvalue weighted by molar-refractivity contribution is 5.21. The smallest absolute Gasteiger partial charge is 0.123 e. The molecule has 23 heavy (non-hydrogen) atoms. The average Bonchev–Trinajstić information content (AvgIpc) is 2.57. The van der Waals surface area contributed by atoms with Crippen LogP contribution in [-0.2, 0) is 17.6 Å². The fourth-order valence-electron chi connectivity index (χ4n) is 2.16. The summed E-state index contributed by atoms with van der Waals surface area (Å²) in [5.41, 5.74) is 1.74. The first-order valence-electron chi connectivity index (χ1n) is 7.17. The van der Waals surface area contributed by atoms with Gasteiger partial charge < -0.3 is 4.74 Å². The first kappa shape index (κ1) is 16.7. The van der Waals surface area contributed by atoms with E-state index in [1.165, 1.54) is 24.3 Å². The molecule has 3 heteroatoms. The summed E-state index contributed by atoms with van der Waals surface area (Å²) in [5.74, 6) is 4.50.